The lowest BCUT2D eigenvalue weighted by Crippen LogP contribution is -2.20. The summed E-state index contributed by atoms with van der Waals surface area (Å²) >= 11 is 0. The highest BCUT2D eigenvalue weighted by molar-refractivity contribution is 5.92. The Morgan fingerprint density at radius 1 is 1.00 bits per heavy atom. The molecule has 0 fully saturated rings. The molecule has 9 heteroatoms. The van der Waals surface area contributed by atoms with Crippen molar-refractivity contribution in [2.75, 3.05) is 24.5 Å². The normalized spacial score (nSPS) is 10.6. The second-order valence-corrected chi connectivity index (χ2v) is 7.22. The highest BCUT2D eigenvalue weighted by Gasteiger charge is 2.09. The Balaban J connectivity index is 1.57. The number of hydrogen-bond acceptors (Lipinski definition) is 7. The molecule has 0 radical (unpaired) electrons. The number of nitro groups is 1. The number of carbonyl (C=O) groups is 1. The minimum Gasteiger partial charge on any atom is -0.493 e. The van der Waals surface area contributed by atoms with E-state index in [0.717, 1.165) is 16.7 Å². The smallest absolute Gasteiger partial charge is 0.269 e. The third-order valence-corrected chi connectivity index (χ3v) is 4.82. The van der Waals surface area contributed by atoms with Crippen LogP contribution in [0.4, 0.5) is 17.1 Å². The number of nitro benzene ring substituents is 1. The molecule has 0 unspecified atom stereocenters. The molecule has 0 aliphatic rings. The molecule has 0 aliphatic carbocycles. The zero-order chi connectivity index (χ0) is 23.8. The van der Waals surface area contributed by atoms with E-state index in [2.05, 4.69) is 15.8 Å². The average molecular weight is 448 g/mol. The van der Waals surface area contributed by atoms with E-state index < -0.39 is 4.92 Å². The fourth-order valence-corrected chi connectivity index (χ4v) is 2.88. The van der Waals surface area contributed by atoms with E-state index in [1.165, 1.54) is 19.2 Å². The van der Waals surface area contributed by atoms with E-state index in [1.807, 2.05) is 32.0 Å². The summed E-state index contributed by atoms with van der Waals surface area (Å²) in [6, 6.07) is 16.8. The zero-order valence-electron chi connectivity index (χ0n) is 18.5. The standard InChI is InChI=1S/C24H24N4O5/c1-16-4-6-20(12-17(16)2)26-24(29)15-33-22-11-5-18(13-23(22)32-3)14-25-27-19-7-9-21(10-8-19)28(30)31/h4-14,27H,15H2,1-3H3,(H,26,29). The Bertz CT molecular complexity index is 1180. The number of hydrogen-bond donors (Lipinski definition) is 2. The highest BCUT2D eigenvalue weighted by Crippen LogP contribution is 2.27. The number of aryl methyl sites for hydroxylation is 2. The molecule has 2 N–H and O–H groups in total. The van der Waals surface area contributed by atoms with Crippen LogP contribution in [0.25, 0.3) is 0 Å². The first-order chi connectivity index (χ1) is 15.9. The number of non-ortho nitro benzene ring substituents is 1. The van der Waals surface area contributed by atoms with Crippen LogP contribution in [-0.2, 0) is 4.79 Å². The topological polar surface area (TPSA) is 115 Å². The number of hydrazone groups is 1. The van der Waals surface area contributed by atoms with Crippen LogP contribution in [0, 0.1) is 24.0 Å². The quantitative estimate of drug-likeness (QED) is 0.279. The summed E-state index contributed by atoms with van der Waals surface area (Å²) in [6.07, 6.45) is 1.57. The van der Waals surface area contributed by atoms with Gasteiger partial charge in [-0.15, -0.1) is 0 Å². The highest BCUT2D eigenvalue weighted by atomic mass is 16.6. The summed E-state index contributed by atoms with van der Waals surface area (Å²) in [6.45, 7) is 3.83. The fraction of sp³-hybridized carbons (Fsp3) is 0.167. The van der Waals surface area contributed by atoms with Gasteiger partial charge in [0.25, 0.3) is 11.6 Å². The lowest BCUT2D eigenvalue weighted by Gasteiger charge is -2.12. The van der Waals surface area contributed by atoms with Gasteiger partial charge in [0.15, 0.2) is 18.1 Å². The van der Waals surface area contributed by atoms with Gasteiger partial charge >= 0.3 is 0 Å². The SMILES string of the molecule is COc1cc(C=NNc2ccc([N+](=O)[O-])cc2)ccc1OCC(=O)Nc1ccc(C)c(C)c1. The Hall–Kier alpha value is -4.40. The van der Waals surface area contributed by atoms with Crippen molar-refractivity contribution in [1.29, 1.82) is 0 Å². The van der Waals surface area contributed by atoms with Gasteiger partial charge in [-0.25, -0.2) is 0 Å². The van der Waals surface area contributed by atoms with Crippen LogP contribution in [0.1, 0.15) is 16.7 Å². The fourth-order valence-electron chi connectivity index (χ4n) is 2.88. The zero-order valence-corrected chi connectivity index (χ0v) is 18.5. The first-order valence-electron chi connectivity index (χ1n) is 10.1. The molecule has 0 atom stereocenters. The van der Waals surface area contributed by atoms with Crippen LogP contribution in [0.3, 0.4) is 0 Å². The van der Waals surface area contributed by atoms with Gasteiger partial charge in [-0.2, -0.15) is 5.10 Å². The van der Waals surface area contributed by atoms with Gasteiger partial charge in [0.1, 0.15) is 0 Å². The van der Waals surface area contributed by atoms with Crippen LogP contribution in [-0.4, -0.2) is 30.8 Å². The van der Waals surface area contributed by atoms with E-state index in [-0.39, 0.29) is 18.2 Å². The number of ether oxygens (including phenoxy) is 2. The lowest BCUT2D eigenvalue weighted by molar-refractivity contribution is -0.384. The van der Waals surface area contributed by atoms with Crippen LogP contribution in [0.5, 0.6) is 11.5 Å². The second kappa shape index (κ2) is 10.8. The van der Waals surface area contributed by atoms with E-state index in [0.29, 0.717) is 22.9 Å². The van der Waals surface area contributed by atoms with Crippen LogP contribution in [0.2, 0.25) is 0 Å². The maximum atomic E-state index is 12.2. The number of nitrogens with zero attached hydrogens (tertiary/aromatic N) is 2. The molecule has 0 heterocycles. The van der Waals surface area contributed by atoms with E-state index in [9.17, 15) is 14.9 Å². The summed E-state index contributed by atoms with van der Waals surface area (Å²) in [5.41, 5.74) is 7.11. The molecule has 170 valence electrons. The first-order valence-corrected chi connectivity index (χ1v) is 10.1. The Morgan fingerprint density at radius 2 is 1.73 bits per heavy atom. The Labute approximate surface area is 191 Å². The number of benzene rings is 3. The summed E-state index contributed by atoms with van der Waals surface area (Å²) in [7, 11) is 1.51. The lowest BCUT2D eigenvalue weighted by atomic mass is 10.1. The number of rotatable bonds is 9. The van der Waals surface area contributed by atoms with Gasteiger partial charge in [-0.3, -0.25) is 20.3 Å². The maximum absolute atomic E-state index is 12.2. The summed E-state index contributed by atoms with van der Waals surface area (Å²) in [5, 5.41) is 17.6. The van der Waals surface area contributed by atoms with Crippen LogP contribution in [0.15, 0.2) is 65.8 Å². The molecule has 0 aliphatic heterocycles. The summed E-state index contributed by atoms with van der Waals surface area (Å²) in [4.78, 5) is 22.5. The van der Waals surface area contributed by atoms with Gasteiger partial charge in [0.05, 0.1) is 23.9 Å². The third kappa shape index (κ3) is 6.54. The third-order valence-electron chi connectivity index (χ3n) is 4.82. The van der Waals surface area contributed by atoms with Gasteiger partial charge in [0, 0.05) is 17.8 Å². The van der Waals surface area contributed by atoms with Crippen molar-refractivity contribution in [3.8, 4) is 11.5 Å². The molecule has 33 heavy (non-hydrogen) atoms. The first kappa shape index (κ1) is 23.3. The van der Waals surface area contributed by atoms with Gasteiger partial charge in [-0.1, -0.05) is 6.07 Å². The van der Waals surface area contributed by atoms with Gasteiger partial charge < -0.3 is 14.8 Å². The Morgan fingerprint density at radius 3 is 2.39 bits per heavy atom. The molecule has 3 rings (SSSR count). The van der Waals surface area contributed by atoms with Crippen LogP contribution >= 0.6 is 0 Å². The molecule has 0 saturated heterocycles. The molecule has 0 bridgehead atoms. The maximum Gasteiger partial charge on any atom is 0.269 e. The molecule has 0 aromatic heterocycles. The molecular weight excluding hydrogens is 424 g/mol. The molecule has 0 spiro atoms. The van der Waals surface area contributed by atoms with Crippen LogP contribution < -0.4 is 20.2 Å². The molecule has 3 aromatic carbocycles. The van der Waals surface area contributed by atoms with Crippen molar-refractivity contribution >= 4 is 29.2 Å². The molecule has 0 saturated carbocycles. The monoisotopic (exact) mass is 448 g/mol. The summed E-state index contributed by atoms with van der Waals surface area (Å²) < 4.78 is 11.0. The number of anilines is 2. The van der Waals surface area contributed by atoms with E-state index in [1.54, 1.807) is 36.5 Å². The van der Waals surface area contributed by atoms with E-state index in [4.69, 9.17) is 9.47 Å². The second-order valence-electron chi connectivity index (χ2n) is 7.22. The molecule has 9 nitrogen and oxygen atoms in total. The predicted molar refractivity (Wildman–Crippen MR) is 127 cm³/mol. The van der Waals surface area contributed by atoms with Gasteiger partial charge in [-0.05, 0) is 73.0 Å². The molecular formula is C24H24N4O5. The van der Waals surface area contributed by atoms with Crippen molar-refractivity contribution in [1.82, 2.24) is 0 Å². The minimum absolute atomic E-state index is 0.00696. The van der Waals surface area contributed by atoms with Crippen molar-refractivity contribution in [3.63, 3.8) is 0 Å². The van der Waals surface area contributed by atoms with Crippen molar-refractivity contribution < 1.29 is 19.2 Å². The number of amides is 1. The largest absolute Gasteiger partial charge is 0.493 e. The number of nitrogens with one attached hydrogen (secondary N) is 2. The minimum atomic E-state index is -0.462. The predicted octanol–water partition coefficient (Wildman–Crippen LogP) is 4.68. The average Bonchev–Trinajstić information content (AvgIpc) is 2.80. The van der Waals surface area contributed by atoms with Crippen molar-refractivity contribution in [2.45, 2.75) is 13.8 Å². The van der Waals surface area contributed by atoms with Crippen molar-refractivity contribution in [2.24, 2.45) is 5.10 Å². The number of methoxy groups -OCH3 is 1. The summed E-state index contributed by atoms with van der Waals surface area (Å²) in [5.74, 6) is 0.597. The Kier molecular flexibility index (Phi) is 7.59. The molecule has 3 aromatic rings. The van der Waals surface area contributed by atoms with Gasteiger partial charge in [0.2, 0.25) is 0 Å². The number of carbonyl (C=O) groups excluding carboxylic acids is 1. The van der Waals surface area contributed by atoms with Crippen molar-refractivity contribution in [3.05, 3.63) is 87.5 Å². The molecule has 1 amide bonds. The van der Waals surface area contributed by atoms with E-state index >= 15 is 0 Å².